The molecule has 0 aliphatic heterocycles. The van der Waals surface area contributed by atoms with Crippen molar-refractivity contribution in [3.63, 3.8) is 0 Å². The van der Waals surface area contributed by atoms with Crippen molar-refractivity contribution < 1.29 is 18.7 Å². The predicted molar refractivity (Wildman–Crippen MR) is 124 cm³/mol. The van der Waals surface area contributed by atoms with Crippen molar-refractivity contribution in [2.45, 2.75) is 13.0 Å². The largest absolute Gasteiger partial charge is 0.489 e. The summed E-state index contributed by atoms with van der Waals surface area (Å²) in [5.41, 5.74) is 1.85. The Bertz CT molecular complexity index is 1220. The summed E-state index contributed by atoms with van der Waals surface area (Å²) < 4.78 is 19.0. The molecule has 0 aliphatic carbocycles. The fourth-order valence-corrected chi connectivity index (χ4v) is 4.16. The van der Waals surface area contributed by atoms with E-state index in [-0.39, 0.29) is 30.7 Å². The van der Waals surface area contributed by atoms with E-state index in [0.29, 0.717) is 32.7 Å². The van der Waals surface area contributed by atoms with E-state index >= 15 is 0 Å². The van der Waals surface area contributed by atoms with Crippen LogP contribution in [0.4, 0.5) is 15.2 Å². The van der Waals surface area contributed by atoms with Gasteiger partial charge in [-0.2, -0.15) is 0 Å². The molecule has 9 heteroatoms. The molecule has 0 saturated carbocycles. The minimum atomic E-state index is -0.316. The van der Waals surface area contributed by atoms with E-state index < -0.39 is 0 Å². The average molecular weight is 468 g/mol. The highest BCUT2D eigenvalue weighted by molar-refractivity contribution is 7.14. The number of anilines is 2. The van der Waals surface area contributed by atoms with E-state index in [2.05, 4.69) is 15.6 Å². The Morgan fingerprint density at radius 1 is 1.00 bits per heavy atom. The van der Waals surface area contributed by atoms with Crippen molar-refractivity contribution in [1.29, 1.82) is 0 Å². The number of hydrogen-bond donors (Lipinski definition) is 2. The number of nitrogens with zero attached hydrogens (tertiary/aromatic N) is 1. The first-order valence-corrected chi connectivity index (χ1v) is 11.4. The van der Waals surface area contributed by atoms with Gasteiger partial charge in [0.05, 0.1) is 17.0 Å². The van der Waals surface area contributed by atoms with Gasteiger partial charge in [0.1, 0.15) is 18.2 Å². The summed E-state index contributed by atoms with van der Waals surface area (Å²) >= 11 is 2.61. The SMILES string of the molecule is O=C(Cc1csc(NC(=O)c2cccs2)n1)Nc1cccc(OCc2cccc(F)c2)c1. The second kappa shape index (κ2) is 10.2. The third kappa shape index (κ3) is 5.99. The van der Waals surface area contributed by atoms with Crippen LogP contribution in [0.5, 0.6) is 5.75 Å². The molecule has 2 heterocycles. The van der Waals surface area contributed by atoms with Gasteiger partial charge in [0, 0.05) is 17.1 Å². The number of hydrogen-bond acceptors (Lipinski definition) is 6. The number of rotatable bonds is 8. The summed E-state index contributed by atoms with van der Waals surface area (Å²) in [6.07, 6.45) is 0.0692. The second-order valence-corrected chi connectivity index (χ2v) is 8.55. The number of thiophene rings is 1. The summed E-state index contributed by atoms with van der Waals surface area (Å²) in [7, 11) is 0. The molecule has 2 aromatic heterocycles. The molecule has 32 heavy (non-hydrogen) atoms. The summed E-state index contributed by atoms with van der Waals surface area (Å²) in [5, 5.41) is 9.55. The number of nitrogens with one attached hydrogen (secondary N) is 2. The zero-order chi connectivity index (χ0) is 22.3. The minimum absolute atomic E-state index is 0.0692. The van der Waals surface area contributed by atoms with Crippen LogP contribution in [0.2, 0.25) is 0 Å². The second-order valence-electron chi connectivity index (χ2n) is 6.75. The van der Waals surface area contributed by atoms with E-state index in [4.69, 9.17) is 4.74 Å². The Hall–Kier alpha value is -3.56. The Kier molecular flexibility index (Phi) is 6.88. The summed E-state index contributed by atoms with van der Waals surface area (Å²) in [5.74, 6) is -0.225. The fraction of sp³-hybridized carbons (Fsp3) is 0.0870. The first-order valence-electron chi connectivity index (χ1n) is 9.61. The van der Waals surface area contributed by atoms with Crippen LogP contribution in [-0.4, -0.2) is 16.8 Å². The summed E-state index contributed by atoms with van der Waals surface area (Å²) in [4.78, 5) is 29.4. The number of benzene rings is 2. The van der Waals surface area contributed by atoms with Gasteiger partial charge in [-0.15, -0.1) is 22.7 Å². The summed E-state index contributed by atoms with van der Waals surface area (Å²) in [6, 6.07) is 16.7. The highest BCUT2D eigenvalue weighted by Gasteiger charge is 2.12. The number of carbonyl (C=O) groups excluding carboxylic acids is 2. The van der Waals surface area contributed by atoms with E-state index in [1.165, 1.54) is 34.8 Å². The summed E-state index contributed by atoms with van der Waals surface area (Å²) in [6.45, 7) is 0.216. The number of halogens is 1. The fourth-order valence-electron chi connectivity index (χ4n) is 2.84. The number of thiazole rings is 1. The van der Waals surface area contributed by atoms with Gasteiger partial charge in [0.25, 0.3) is 5.91 Å². The van der Waals surface area contributed by atoms with Gasteiger partial charge < -0.3 is 10.1 Å². The number of amides is 2. The highest BCUT2D eigenvalue weighted by atomic mass is 32.1. The zero-order valence-electron chi connectivity index (χ0n) is 16.7. The molecule has 0 aliphatic rings. The van der Waals surface area contributed by atoms with Crippen molar-refractivity contribution in [1.82, 2.24) is 4.98 Å². The van der Waals surface area contributed by atoms with Crippen molar-refractivity contribution in [2.75, 3.05) is 10.6 Å². The lowest BCUT2D eigenvalue weighted by Gasteiger charge is -2.09. The molecule has 4 aromatic rings. The van der Waals surface area contributed by atoms with Gasteiger partial charge in [-0.25, -0.2) is 9.37 Å². The van der Waals surface area contributed by atoms with Crippen LogP contribution < -0.4 is 15.4 Å². The number of carbonyl (C=O) groups is 2. The lowest BCUT2D eigenvalue weighted by molar-refractivity contribution is -0.115. The first kappa shape index (κ1) is 21.7. The molecular weight excluding hydrogens is 449 g/mol. The molecule has 0 bridgehead atoms. The topological polar surface area (TPSA) is 80.3 Å². The molecular formula is C23H18FN3O3S2. The molecule has 2 amide bonds. The van der Waals surface area contributed by atoms with Crippen LogP contribution in [0.25, 0.3) is 0 Å². The van der Waals surface area contributed by atoms with Crippen molar-refractivity contribution in [2.24, 2.45) is 0 Å². The van der Waals surface area contributed by atoms with Gasteiger partial charge in [-0.3, -0.25) is 14.9 Å². The molecule has 6 nitrogen and oxygen atoms in total. The van der Waals surface area contributed by atoms with E-state index in [0.717, 1.165) is 0 Å². The lowest BCUT2D eigenvalue weighted by atomic mass is 10.2. The molecule has 0 unspecified atom stereocenters. The average Bonchev–Trinajstić information content (AvgIpc) is 3.45. The molecule has 0 saturated heterocycles. The molecule has 2 aromatic carbocycles. The van der Waals surface area contributed by atoms with Gasteiger partial charge in [0.15, 0.2) is 5.13 Å². The normalized spacial score (nSPS) is 10.5. The molecule has 2 N–H and O–H groups in total. The standard InChI is InChI=1S/C23H18FN3O3S2/c24-16-5-1-4-15(10-16)13-30-19-7-2-6-17(11-19)25-21(28)12-18-14-32-23(26-18)27-22(29)20-8-3-9-31-20/h1-11,14H,12-13H2,(H,25,28)(H,26,27,29). The number of ether oxygens (including phenoxy) is 1. The van der Waals surface area contributed by atoms with E-state index in [9.17, 15) is 14.0 Å². The van der Waals surface area contributed by atoms with Crippen LogP contribution in [0.3, 0.4) is 0 Å². The third-order valence-corrected chi connectivity index (χ3v) is 5.95. The Labute approximate surface area is 191 Å². The minimum Gasteiger partial charge on any atom is -0.489 e. The Morgan fingerprint density at radius 3 is 2.69 bits per heavy atom. The predicted octanol–water partition coefficient (Wildman–Crippen LogP) is 5.36. The Balaban J connectivity index is 1.30. The lowest BCUT2D eigenvalue weighted by Crippen LogP contribution is -2.15. The quantitative estimate of drug-likeness (QED) is 0.366. The molecule has 162 valence electrons. The van der Waals surface area contributed by atoms with Crippen LogP contribution in [0.15, 0.2) is 71.4 Å². The molecule has 0 spiro atoms. The van der Waals surface area contributed by atoms with Crippen LogP contribution in [0, 0.1) is 5.82 Å². The van der Waals surface area contributed by atoms with Crippen LogP contribution in [-0.2, 0) is 17.8 Å². The molecule has 0 radical (unpaired) electrons. The maximum atomic E-state index is 13.3. The van der Waals surface area contributed by atoms with E-state index in [1.54, 1.807) is 53.9 Å². The monoisotopic (exact) mass is 467 g/mol. The van der Waals surface area contributed by atoms with Gasteiger partial charge in [-0.05, 0) is 41.3 Å². The van der Waals surface area contributed by atoms with Gasteiger partial charge in [0.2, 0.25) is 5.91 Å². The Morgan fingerprint density at radius 2 is 1.88 bits per heavy atom. The molecule has 0 fully saturated rings. The first-order chi connectivity index (χ1) is 15.5. The van der Waals surface area contributed by atoms with Crippen molar-refractivity contribution in [3.8, 4) is 5.75 Å². The van der Waals surface area contributed by atoms with Gasteiger partial charge in [-0.1, -0.05) is 24.3 Å². The third-order valence-electron chi connectivity index (χ3n) is 4.27. The highest BCUT2D eigenvalue weighted by Crippen LogP contribution is 2.21. The maximum Gasteiger partial charge on any atom is 0.267 e. The van der Waals surface area contributed by atoms with E-state index in [1.807, 2.05) is 5.38 Å². The van der Waals surface area contributed by atoms with Crippen LogP contribution >= 0.6 is 22.7 Å². The number of aromatic nitrogens is 1. The van der Waals surface area contributed by atoms with Crippen molar-refractivity contribution >= 4 is 45.3 Å². The zero-order valence-corrected chi connectivity index (χ0v) is 18.3. The van der Waals surface area contributed by atoms with Crippen molar-refractivity contribution in [3.05, 3.63) is 93.4 Å². The molecule has 0 atom stereocenters. The van der Waals surface area contributed by atoms with Crippen LogP contribution in [0.1, 0.15) is 20.9 Å². The van der Waals surface area contributed by atoms with Gasteiger partial charge >= 0.3 is 0 Å². The molecule has 4 rings (SSSR count). The smallest absolute Gasteiger partial charge is 0.267 e. The maximum absolute atomic E-state index is 13.3.